The Bertz CT molecular complexity index is 830. The summed E-state index contributed by atoms with van der Waals surface area (Å²) in [4.78, 5) is 11.9. The molecule has 0 saturated heterocycles. The maximum absolute atomic E-state index is 11.9. The molecule has 1 aromatic heterocycles. The van der Waals surface area contributed by atoms with E-state index in [1.807, 2.05) is 55.5 Å². The number of nitrogens with zero attached hydrogens (tertiary/aromatic N) is 1. The normalized spacial score (nSPS) is 12.5. The molecule has 1 heterocycles. The highest BCUT2D eigenvalue weighted by molar-refractivity contribution is 5.85. The Morgan fingerprint density at radius 2 is 1.71 bits per heavy atom. The van der Waals surface area contributed by atoms with Gasteiger partial charge in [-0.25, -0.2) is 0 Å². The van der Waals surface area contributed by atoms with E-state index in [2.05, 4.69) is 0 Å². The summed E-state index contributed by atoms with van der Waals surface area (Å²) in [6, 6.07) is 18.9. The molecule has 106 valence electrons. The summed E-state index contributed by atoms with van der Waals surface area (Å²) in [5, 5.41) is 12.7. The van der Waals surface area contributed by atoms with Gasteiger partial charge in [0.1, 0.15) is 0 Å². The number of hydrogen-bond acceptors (Lipinski definition) is 2. The van der Waals surface area contributed by atoms with Gasteiger partial charge in [0.25, 0.3) is 5.56 Å². The van der Waals surface area contributed by atoms with E-state index in [0.29, 0.717) is 0 Å². The zero-order valence-electron chi connectivity index (χ0n) is 11.9. The summed E-state index contributed by atoms with van der Waals surface area (Å²) >= 11 is 0. The minimum atomic E-state index is -0.713. The van der Waals surface area contributed by atoms with Gasteiger partial charge in [-0.05, 0) is 29.3 Å². The number of aromatic nitrogens is 1. The number of aliphatic hydroxyl groups is 1. The standard InChI is InChI=1S/C18H17NO2/c1-13-6-4-11-18(21)19(13)12-17(20)16-10-5-8-14-7-2-3-9-15(14)16/h2-11,17,20H,12H2,1H3. The van der Waals surface area contributed by atoms with Crippen LogP contribution >= 0.6 is 0 Å². The Morgan fingerprint density at radius 3 is 2.52 bits per heavy atom. The fourth-order valence-electron chi connectivity index (χ4n) is 2.67. The second-order valence-corrected chi connectivity index (χ2v) is 5.20. The molecule has 0 fully saturated rings. The Labute approximate surface area is 123 Å². The predicted molar refractivity (Wildman–Crippen MR) is 84.3 cm³/mol. The van der Waals surface area contributed by atoms with Crippen LogP contribution in [-0.4, -0.2) is 9.67 Å². The molecule has 1 unspecified atom stereocenters. The van der Waals surface area contributed by atoms with Gasteiger partial charge < -0.3 is 9.67 Å². The molecule has 3 heteroatoms. The van der Waals surface area contributed by atoms with Gasteiger partial charge in [0.15, 0.2) is 0 Å². The van der Waals surface area contributed by atoms with E-state index >= 15 is 0 Å². The minimum absolute atomic E-state index is 0.0886. The van der Waals surface area contributed by atoms with Crippen molar-refractivity contribution >= 4 is 10.8 Å². The van der Waals surface area contributed by atoms with Gasteiger partial charge in [-0.3, -0.25) is 4.79 Å². The molecule has 21 heavy (non-hydrogen) atoms. The summed E-state index contributed by atoms with van der Waals surface area (Å²) in [5.41, 5.74) is 1.61. The number of pyridine rings is 1. The maximum Gasteiger partial charge on any atom is 0.250 e. The first kappa shape index (κ1) is 13.6. The summed E-state index contributed by atoms with van der Waals surface area (Å²) < 4.78 is 1.60. The quantitative estimate of drug-likeness (QED) is 0.800. The molecule has 0 amide bonds. The molecule has 1 atom stereocenters. The predicted octanol–water partition coefficient (Wildman–Crippen LogP) is 3.04. The number of aliphatic hydroxyl groups excluding tert-OH is 1. The fraction of sp³-hybridized carbons (Fsp3) is 0.167. The Balaban J connectivity index is 2.02. The van der Waals surface area contributed by atoms with E-state index in [1.54, 1.807) is 10.6 Å². The lowest BCUT2D eigenvalue weighted by Crippen LogP contribution is -2.24. The van der Waals surface area contributed by atoms with Crippen molar-refractivity contribution in [2.24, 2.45) is 0 Å². The van der Waals surface area contributed by atoms with E-state index in [0.717, 1.165) is 22.0 Å². The summed E-state index contributed by atoms with van der Waals surface area (Å²) in [7, 11) is 0. The number of benzene rings is 2. The third kappa shape index (κ3) is 2.60. The van der Waals surface area contributed by atoms with Crippen LogP contribution in [0.2, 0.25) is 0 Å². The Morgan fingerprint density at radius 1 is 1.00 bits per heavy atom. The SMILES string of the molecule is Cc1cccc(=O)n1CC(O)c1cccc2ccccc12. The van der Waals surface area contributed by atoms with Crippen LogP contribution in [0.5, 0.6) is 0 Å². The summed E-state index contributed by atoms with van der Waals surface area (Å²) in [6.45, 7) is 2.14. The number of hydrogen-bond donors (Lipinski definition) is 1. The molecule has 0 bridgehead atoms. The molecular formula is C18H17NO2. The molecule has 0 aliphatic heterocycles. The van der Waals surface area contributed by atoms with Crippen molar-refractivity contribution in [1.29, 1.82) is 0 Å². The van der Waals surface area contributed by atoms with E-state index in [1.165, 1.54) is 6.07 Å². The number of rotatable bonds is 3. The molecular weight excluding hydrogens is 262 g/mol. The Kier molecular flexibility index (Phi) is 3.59. The average Bonchev–Trinajstić information content (AvgIpc) is 2.50. The van der Waals surface area contributed by atoms with Crippen LogP contribution in [0.15, 0.2) is 65.5 Å². The van der Waals surface area contributed by atoms with Crippen LogP contribution in [0.3, 0.4) is 0 Å². The van der Waals surface area contributed by atoms with Crippen LogP contribution in [0.25, 0.3) is 10.8 Å². The van der Waals surface area contributed by atoms with Crippen LogP contribution in [0.1, 0.15) is 17.4 Å². The van der Waals surface area contributed by atoms with Crippen LogP contribution in [0.4, 0.5) is 0 Å². The lowest BCUT2D eigenvalue weighted by Gasteiger charge is -2.17. The highest BCUT2D eigenvalue weighted by Crippen LogP contribution is 2.25. The maximum atomic E-state index is 11.9. The molecule has 1 N–H and O–H groups in total. The number of fused-ring (bicyclic) bond motifs is 1. The minimum Gasteiger partial charge on any atom is -0.387 e. The van der Waals surface area contributed by atoms with Crippen molar-refractivity contribution in [3.8, 4) is 0 Å². The van der Waals surface area contributed by atoms with Crippen molar-refractivity contribution in [2.75, 3.05) is 0 Å². The lowest BCUT2D eigenvalue weighted by atomic mass is 10.0. The van der Waals surface area contributed by atoms with Gasteiger partial charge in [-0.15, -0.1) is 0 Å². The second-order valence-electron chi connectivity index (χ2n) is 5.20. The zero-order valence-corrected chi connectivity index (χ0v) is 11.9. The van der Waals surface area contributed by atoms with Gasteiger partial charge in [0, 0.05) is 11.8 Å². The van der Waals surface area contributed by atoms with E-state index in [9.17, 15) is 9.90 Å². The highest BCUT2D eigenvalue weighted by atomic mass is 16.3. The van der Waals surface area contributed by atoms with Gasteiger partial charge >= 0.3 is 0 Å². The lowest BCUT2D eigenvalue weighted by molar-refractivity contribution is 0.155. The Hall–Kier alpha value is -2.39. The molecule has 0 radical (unpaired) electrons. The molecule has 3 aromatic rings. The smallest absolute Gasteiger partial charge is 0.250 e. The largest absolute Gasteiger partial charge is 0.387 e. The molecule has 3 rings (SSSR count). The third-order valence-electron chi connectivity index (χ3n) is 3.81. The van der Waals surface area contributed by atoms with Gasteiger partial charge in [-0.1, -0.05) is 48.5 Å². The first-order chi connectivity index (χ1) is 10.2. The van der Waals surface area contributed by atoms with E-state index in [4.69, 9.17) is 0 Å². The van der Waals surface area contributed by atoms with Crippen molar-refractivity contribution < 1.29 is 5.11 Å². The van der Waals surface area contributed by atoms with Crippen LogP contribution in [-0.2, 0) is 6.54 Å². The molecule has 0 saturated carbocycles. The van der Waals surface area contributed by atoms with Crippen molar-refractivity contribution in [3.63, 3.8) is 0 Å². The van der Waals surface area contributed by atoms with Crippen LogP contribution in [0, 0.1) is 6.92 Å². The summed E-state index contributed by atoms with van der Waals surface area (Å²) in [5.74, 6) is 0. The monoisotopic (exact) mass is 279 g/mol. The van der Waals surface area contributed by atoms with Crippen molar-refractivity contribution in [2.45, 2.75) is 19.6 Å². The summed E-state index contributed by atoms with van der Waals surface area (Å²) in [6.07, 6.45) is -0.713. The number of aryl methyl sites for hydroxylation is 1. The average molecular weight is 279 g/mol. The molecule has 0 aliphatic rings. The first-order valence-electron chi connectivity index (χ1n) is 6.99. The van der Waals surface area contributed by atoms with Crippen molar-refractivity contribution in [3.05, 3.63) is 82.3 Å². The van der Waals surface area contributed by atoms with E-state index in [-0.39, 0.29) is 12.1 Å². The van der Waals surface area contributed by atoms with Gasteiger partial charge in [-0.2, -0.15) is 0 Å². The highest BCUT2D eigenvalue weighted by Gasteiger charge is 2.13. The fourth-order valence-corrected chi connectivity index (χ4v) is 2.67. The molecule has 3 nitrogen and oxygen atoms in total. The van der Waals surface area contributed by atoms with Gasteiger partial charge in [0.2, 0.25) is 0 Å². The van der Waals surface area contributed by atoms with Crippen molar-refractivity contribution in [1.82, 2.24) is 4.57 Å². The first-order valence-corrected chi connectivity index (χ1v) is 6.99. The second kappa shape index (κ2) is 5.54. The zero-order chi connectivity index (χ0) is 14.8. The van der Waals surface area contributed by atoms with E-state index < -0.39 is 6.10 Å². The molecule has 2 aromatic carbocycles. The topological polar surface area (TPSA) is 42.2 Å². The molecule has 0 spiro atoms. The van der Waals surface area contributed by atoms with Crippen LogP contribution < -0.4 is 5.56 Å². The third-order valence-corrected chi connectivity index (χ3v) is 3.81. The molecule has 0 aliphatic carbocycles. The van der Waals surface area contributed by atoms with Gasteiger partial charge in [0.05, 0.1) is 12.6 Å².